The van der Waals surface area contributed by atoms with Gasteiger partial charge in [0, 0.05) is 13.0 Å². The van der Waals surface area contributed by atoms with Crippen molar-refractivity contribution in [1.29, 1.82) is 0 Å². The summed E-state index contributed by atoms with van der Waals surface area (Å²) in [7, 11) is 0. The average Bonchev–Trinajstić information content (AvgIpc) is 2.38. The van der Waals surface area contributed by atoms with Crippen molar-refractivity contribution in [1.82, 2.24) is 0 Å². The first-order valence-corrected chi connectivity index (χ1v) is 10.0. The molecule has 0 aliphatic heterocycles. The second-order valence-corrected chi connectivity index (χ2v) is 10.7. The molecule has 0 amide bonds. The normalized spacial score (nSPS) is 17.4. The summed E-state index contributed by atoms with van der Waals surface area (Å²) in [6.07, 6.45) is 3.01. The van der Waals surface area contributed by atoms with Gasteiger partial charge in [0.05, 0.1) is 30.5 Å². The molecular formula is C22H46O3. The quantitative estimate of drug-likeness (QED) is 0.437. The minimum Gasteiger partial charge on any atom is -0.379 e. The summed E-state index contributed by atoms with van der Waals surface area (Å²) in [5.74, 6) is 0. The van der Waals surface area contributed by atoms with Gasteiger partial charge in [-0.05, 0) is 58.3 Å². The Morgan fingerprint density at radius 2 is 1.40 bits per heavy atom. The van der Waals surface area contributed by atoms with Crippen molar-refractivity contribution in [3.63, 3.8) is 0 Å². The standard InChI is InChI=1S/C22H46O3/c1-12-22(11,24-17-21(9,10)16-19(3,4)5)14-18(15-23-13-2)25-20(6,7)8/h18H,12-17H2,1-11H3. The summed E-state index contributed by atoms with van der Waals surface area (Å²) in [6.45, 7) is 26.3. The van der Waals surface area contributed by atoms with Gasteiger partial charge in [0.15, 0.2) is 0 Å². The first-order chi connectivity index (χ1) is 11.1. The third-order valence-electron chi connectivity index (χ3n) is 4.26. The smallest absolute Gasteiger partial charge is 0.0842 e. The molecular weight excluding hydrogens is 312 g/mol. The summed E-state index contributed by atoms with van der Waals surface area (Å²) in [5.41, 5.74) is 0.0986. The highest BCUT2D eigenvalue weighted by molar-refractivity contribution is 4.83. The van der Waals surface area contributed by atoms with Crippen LogP contribution in [-0.2, 0) is 14.2 Å². The van der Waals surface area contributed by atoms with Crippen molar-refractivity contribution in [3.05, 3.63) is 0 Å². The zero-order chi connectivity index (χ0) is 19.9. The Hall–Kier alpha value is -0.120. The molecule has 0 spiro atoms. The van der Waals surface area contributed by atoms with Crippen LogP contribution in [0.4, 0.5) is 0 Å². The largest absolute Gasteiger partial charge is 0.379 e. The SMILES string of the molecule is CCOCC(CC(C)(CC)OCC(C)(C)CC(C)(C)C)OC(C)(C)C. The van der Waals surface area contributed by atoms with Crippen LogP contribution in [0.25, 0.3) is 0 Å². The highest BCUT2D eigenvalue weighted by atomic mass is 16.5. The Labute approximate surface area is 158 Å². The van der Waals surface area contributed by atoms with Crippen LogP contribution in [0.2, 0.25) is 0 Å². The van der Waals surface area contributed by atoms with E-state index in [2.05, 4.69) is 69.2 Å². The second kappa shape index (κ2) is 9.71. The summed E-state index contributed by atoms with van der Waals surface area (Å²) in [6, 6.07) is 0. The van der Waals surface area contributed by atoms with E-state index in [1.54, 1.807) is 0 Å². The Morgan fingerprint density at radius 1 is 0.840 bits per heavy atom. The van der Waals surface area contributed by atoms with Crippen LogP contribution in [-0.4, -0.2) is 37.1 Å². The Morgan fingerprint density at radius 3 is 1.80 bits per heavy atom. The van der Waals surface area contributed by atoms with E-state index in [0.29, 0.717) is 18.6 Å². The van der Waals surface area contributed by atoms with E-state index in [1.807, 2.05) is 6.92 Å². The molecule has 25 heavy (non-hydrogen) atoms. The minimum absolute atomic E-state index is 0.0515. The Kier molecular flexibility index (Phi) is 9.66. The molecule has 2 unspecified atom stereocenters. The predicted octanol–water partition coefficient (Wildman–Crippen LogP) is 6.24. The fourth-order valence-electron chi connectivity index (χ4n) is 3.53. The number of ether oxygens (including phenoxy) is 3. The molecule has 0 aromatic heterocycles. The van der Waals surface area contributed by atoms with Gasteiger partial charge >= 0.3 is 0 Å². The van der Waals surface area contributed by atoms with Gasteiger partial charge < -0.3 is 14.2 Å². The van der Waals surface area contributed by atoms with Gasteiger partial charge in [-0.3, -0.25) is 0 Å². The van der Waals surface area contributed by atoms with Crippen LogP contribution in [0.3, 0.4) is 0 Å². The van der Waals surface area contributed by atoms with Gasteiger partial charge in [0.1, 0.15) is 0 Å². The first-order valence-electron chi connectivity index (χ1n) is 10.0. The number of rotatable bonds is 11. The van der Waals surface area contributed by atoms with Gasteiger partial charge in [0.2, 0.25) is 0 Å². The molecule has 0 heterocycles. The lowest BCUT2D eigenvalue weighted by atomic mass is 9.76. The molecule has 0 N–H and O–H groups in total. The van der Waals surface area contributed by atoms with E-state index in [1.165, 1.54) is 0 Å². The monoisotopic (exact) mass is 358 g/mol. The van der Waals surface area contributed by atoms with Crippen molar-refractivity contribution >= 4 is 0 Å². The van der Waals surface area contributed by atoms with Gasteiger partial charge in [-0.15, -0.1) is 0 Å². The van der Waals surface area contributed by atoms with Crippen LogP contribution >= 0.6 is 0 Å². The van der Waals surface area contributed by atoms with Gasteiger partial charge in [-0.25, -0.2) is 0 Å². The van der Waals surface area contributed by atoms with Crippen LogP contribution in [0, 0.1) is 10.8 Å². The lowest BCUT2D eigenvalue weighted by Crippen LogP contribution is -2.41. The molecule has 0 rings (SSSR count). The van der Waals surface area contributed by atoms with Crippen molar-refractivity contribution in [2.75, 3.05) is 19.8 Å². The van der Waals surface area contributed by atoms with E-state index < -0.39 is 0 Å². The molecule has 2 atom stereocenters. The maximum atomic E-state index is 6.48. The zero-order valence-corrected chi connectivity index (χ0v) is 19.0. The molecule has 0 radical (unpaired) electrons. The molecule has 152 valence electrons. The van der Waals surface area contributed by atoms with Gasteiger partial charge in [-0.1, -0.05) is 41.5 Å². The second-order valence-electron chi connectivity index (χ2n) is 10.7. The third kappa shape index (κ3) is 12.8. The third-order valence-corrected chi connectivity index (χ3v) is 4.26. The van der Waals surface area contributed by atoms with Crippen molar-refractivity contribution in [2.45, 2.75) is 113 Å². The van der Waals surface area contributed by atoms with E-state index in [9.17, 15) is 0 Å². The Balaban J connectivity index is 4.91. The number of hydrogen-bond donors (Lipinski definition) is 0. The van der Waals surface area contributed by atoms with Gasteiger partial charge in [-0.2, -0.15) is 0 Å². The zero-order valence-electron chi connectivity index (χ0n) is 19.0. The van der Waals surface area contributed by atoms with E-state index in [4.69, 9.17) is 14.2 Å². The maximum absolute atomic E-state index is 6.48. The van der Waals surface area contributed by atoms with Crippen molar-refractivity contribution in [2.24, 2.45) is 10.8 Å². The highest BCUT2D eigenvalue weighted by Gasteiger charge is 2.33. The molecule has 0 aromatic carbocycles. The lowest BCUT2D eigenvalue weighted by Gasteiger charge is -2.39. The molecule has 3 nitrogen and oxygen atoms in total. The summed E-state index contributed by atoms with van der Waals surface area (Å²) < 4.78 is 18.4. The average molecular weight is 359 g/mol. The lowest BCUT2D eigenvalue weighted by molar-refractivity contribution is -0.144. The molecule has 0 bridgehead atoms. The fraction of sp³-hybridized carbons (Fsp3) is 1.00. The van der Waals surface area contributed by atoms with Crippen LogP contribution < -0.4 is 0 Å². The van der Waals surface area contributed by atoms with Crippen LogP contribution in [0.5, 0.6) is 0 Å². The molecule has 0 saturated carbocycles. The molecule has 0 aliphatic carbocycles. The van der Waals surface area contributed by atoms with Crippen molar-refractivity contribution in [3.8, 4) is 0 Å². The molecule has 0 saturated heterocycles. The predicted molar refractivity (Wildman–Crippen MR) is 108 cm³/mol. The first kappa shape index (κ1) is 24.9. The highest BCUT2D eigenvalue weighted by Crippen LogP contribution is 2.35. The maximum Gasteiger partial charge on any atom is 0.0842 e. The van der Waals surface area contributed by atoms with Crippen molar-refractivity contribution < 1.29 is 14.2 Å². The molecule has 0 aromatic rings. The van der Waals surface area contributed by atoms with E-state index >= 15 is 0 Å². The minimum atomic E-state index is -0.192. The van der Waals surface area contributed by atoms with Crippen LogP contribution in [0.1, 0.15) is 95.4 Å². The molecule has 3 heteroatoms. The van der Waals surface area contributed by atoms with Crippen LogP contribution in [0.15, 0.2) is 0 Å². The number of hydrogen-bond acceptors (Lipinski definition) is 3. The fourth-order valence-corrected chi connectivity index (χ4v) is 3.53. The summed E-state index contributed by atoms with van der Waals surface area (Å²) >= 11 is 0. The summed E-state index contributed by atoms with van der Waals surface area (Å²) in [5, 5.41) is 0. The topological polar surface area (TPSA) is 27.7 Å². The Bertz CT molecular complexity index is 362. The van der Waals surface area contributed by atoms with E-state index in [0.717, 1.165) is 25.9 Å². The molecule has 0 aliphatic rings. The summed E-state index contributed by atoms with van der Waals surface area (Å²) in [4.78, 5) is 0. The van der Waals surface area contributed by atoms with E-state index in [-0.39, 0.29) is 22.7 Å². The molecule has 0 fully saturated rings. The van der Waals surface area contributed by atoms with Gasteiger partial charge in [0.25, 0.3) is 0 Å².